The van der Waals surface area contributed by atoms with Crippen molar-refractivity contribution in [2.45, 2.75) is 43.0 Å². The van der Waals surface area contributed by atoms with Gasteiger partial charge in [0, 0.05) is 37.7 Å². The summed E-state index contributed by atoms with van der Waals surface area (Å²) < 4.78 is 26.9. The lowest BCUT2D eigenvalue weighted by Crippen LogP contribution is -2.34. The van der Waals surface area contributed by atoms with Crippen molar-refractivity contribution in [1.29, 1.82) is 5.26 Å². The molecule has 2 aliphatic rings. The van der Waals surface area contributed by atoms with Gasteiger partial charge in [0.15, 0.2) is 0 Å². The average molecular weight is 333 g/mol. The third kappa shape index (κ3) is 3.23. The molecule has 122 valence electrons. The van der Waals surface area contributed by atoms with E-state index in [-0.39, 0.29) is 29.8 Å². The molecule has 0 radical (unpaired) electrons. The van der Waals surface area contributed by atoms with Crippen LogP contribution >= 0.6 is 0 Å². The Hall–Kier alpha value is -1.91. The monoisotopic (exact) mass is 333 g/mol. The molecule has 2 fully saturated rings. The minimum Gasteiger partial charge on any atom is -0.312 e. The van der Waals surface area contributed by atoms with Crippen LogP contribution in [-0.4, -0.2) is 37.8 Å². The van der Waals surface area contributed by atoms with Crippen LogP contribution in [-0.2, 0) is 14.8 Å². The summed E-state index contributed by atoms with van der Waals surface area (Å²) in [7, 11) is -3.59. The smallest absolute Gasteiger partial charge is 0.243 e. The largest absolute Gasteiger partial charge is 0.312 e. The van der Waals surface area contributed by atoms with Gasteiger partial charge in [0.25, 0.3) is 0 Å². The number of anilines is 1. The van der Waals surface area contributed by atoms with Crippen molar-refractivity contribution in [2.24, 2.45) is 0 Å². The Morgan fingerprint density at radius 2 is 1.96 bits per heavy atom. The van der Waals surface area contributed by atoms with Crippen LogP contribution in [0.4, 0.5) is 5.69 Å². The molecule has 7 heteroatoms. The Balaban J connectivity index is 1.82. The van der Waals surface area contributed by atoms with E-state index < -0.39 is 10.0 Å². The van der Waals surface area contributed by atoms with Crippen molar-refractivity contribution >= 4 is 21.6 Å². The molecule has 1 heterocycles. The van der Waals surface area contributed by atoms with Gasteiger partial charge in [-0.15, -0.1) is 0 Å². The molecule has 1 saturated carbocycles. The predicted molar refractivity (Wildman–Crippen MR) is 85.2 cm³/mol. The standard InChI is InChI=1S/C16H19N3O3S/c17-10-2-12-19(14-4-5-14)23(21,22)15-8-6-13(7-9-15)18-11-1-3-16(18)20/h6-9,14H,1-5,11-12H2. The molecule has 0 unspecified atom stereocenters. The Labute approximate surface area is 136 Å². The average Bonchev–Trinajstić information content (AvgIpc) is 3.28. The van der Waals surface area contributed by atoms with Gasteiger partial charge >= 0.3 is 0 Å². The number of benzene rings is 1. The summed E-state index contributed by atoms with van der Waals surface area (Å²) in [6.07, 6.45) is 3.28. The summed E-state index contributed by atoms with van der Waals surface area (Å²) in [6.45, 7) is 0.914. The number of nitrogens with zero attached hydrogens (tertiary/aromatic N) is 3. The highest BCUT2D eigenvalue weighted by Gasteiger charge is 2.37. The van der Waals surface area contributed by atoms with Gasteiger partial charge < -0.3 is 4.90 Å². The quantitative estimate of drug-likeness (QED) is 0.796. The van der Waals surface area contributed by atoms with E-state index in [2.05, 4.69) is 0 Å². The number of nitriles is 1. The number of carbonyl (C=O) groups excluding carboxylic acids is 1. The number of rotatable bonds is 6. The highest BCUT2D eigenvalue weighted by molar-refractivity contribution is 7.89. The van der Waals surface area contributed by atoms with Crippen LogP contribution in [0, 0.1) is 11.3 Å². The number of carbonyl (C=O) groups is 1. The Bertz CT molecular complexity index is 733. The van der Waals surface area contributed by atoms with E-state index >= 15 is 0 Å². The van der Waals surface area contributed by atoms with Crippen LogP contribution in [0.25, 0.3) is 0 Å². The molecule has 0 atom stereocenters. The van der Waals surface area contributed by atoms with Gasteiger partial charge in [-0.05, 0) is 43.5 Å². The summed E-state index contributed by atoms with van der Waals surface area (Å²) in [6, 6.07) is 8.51. The van der Waals surface area contributed by atoms with Gasteiger partial charge in [0.1, 0.15) is 0 Å². The lowest BCUT2D eigenvalue weighted by Gasteiger charge is -2.21. The molecule has 1 aliphatic heterocycles. The van der Waals surface area contributed by atoms with Crippen molar-refractivity contribution < 1.29 is 13.2 Å². The van der Waals surface area contributed by atoms with Crippen molar-refractivity contribution in [3.8, 4) is 6.07 Å². The molecule has 1 aliphatic carbocycles. The fourth-order valence-corrected chi connectivity index (χ4v) is 4.56. The van der Waals surface area contributed by atoms with Crippen molar-refractivity contribution in [1.82, 2.24) is 4.31 Å². The van der Waals surface area contributed by atoms with E-state index in [0.717, 1.165) is 24.9 Å². The molecular formula is C16H19N3O3S. The number of hydrogen-bond donors (Lipinski definition) is 0. The maximum absolute atomic E-state index is 12.8. The number of hydrogen-bond acceptors (Lipinski definition) is 4. The van der Waals surface area contributed by atoms with Crippen LogP contribution < -0.4 is 4.90 Å². The summed E-state index contributed by atoms with van der Waals surface area (Å²) in [4.78, 5) is 13.7. The molecule has 0 N–H and O–H groups in total. The Morgan fingerprint density at radius 1 is 1.26 bits per heavy atom. The lowest BCUT2D eigenvalue weighted by molar-refractivity contribution is -0.117. The topological polar surface area (TPSA) is 81.5 Å². The predicted octanol–water partition coefficient (Wildman–Crippen LogP) is 1.88. The normalized spacial score (nSPS) is 18.4. The van der Waals surface area contributed by atoms with E-state index in [4.69, 9.17) is 5.26 Å². The second kappa shape index (κ2) is 6.30. The van der Waals surface area contributed by atoms with Gasteiger partial charge in [-0.2, -0.15) is 9.57 Å². The maximum Gasteiger partial charge on any atom is 0.243 e. The minimum absolute atomic E-state index is 0.0215. The van der Waals surface area contributed by atoms with Crippen LogP contribution in [0.15, 0.2) is 29.2 Å². The van der Waals surface area contributed by atoms with Gasteiger partial charge in [-0.1, -0.05) is 0 Å². The molecule has 1 aromatic rings. The van der Waals surface area contributed by atoms with Crippen molar-refractivity contribution in [2.75, 3.05) is 18.0 Å². The number of sulfonamides is 1. The van der Waals surface area contributed by atoms with Gasteiger partial charge in [-0.25, -0.2) is 8.42 Å². The molecule has 0 aromatic heterocycles. The van der Waals surface area contributed by atoms with Crippen molar-refractivity contribution in [3.05, 3.63) is 24.3 Å². The van der Waals surface area contributed by atoms with Gasteiger partial charge in [0.2, 0.25) is 15.9 Å². The van der Waals surface area contributed by atoms with E-state index in [0.29, 0.717) is 13.0 Å². The van der Waals surface area contributed by atoms with Gasteiger partial charge in [0.05, 0.1) is 11.0 Å². The first kappa shape index (κ1) is 16.0. The zero-order chi connectivity index (χ0) is 16.4. The maximum atomic E-state index is 12.8. The van der Waals surface area contributed by atoms with Crippen LogP contribution in [0.5, 0.6) is 0 Å². The summed E-state index contributed by atoms with van der Waals surface area (Å²) >= 11 is 0. The first-order chi connectivity index (χ1) is 11.0. The fourth-order valence-electron chi connectivity index (χ4n) is 2.88. The Kier molecular flexibility index (Phi) is 4.37. The first-order valence-corrected chi connectivity index (χ1v) is 9.27. The van der Waals surface area contributed by atoms with Gasteiger partial charge in [-0.3, -0.25) is 4.79 Å². The summed E-state index contributed by atoms with van der Waals surface area (Å²) in [5, 5.41) is 8.73. The second-order valence-corrected chi connectivity index (χ2v) is 7.79. The SMILES string of the molecule is N#CCCN(C1CC1)S(=O)(=O)c1ccc(N2CCCC2=O)cc1. The highest BCUT2D eigenvalue weighted by Crippen LogP contribution is 2.33. The molecule has 1 amide bonds. The molecule has 23 heavy (non-hydrogen) atoms. The molecule has 0 bridgehead atoms. The third-order valence-electron chi connectivity index (χ3n) is 4.23. The molecule has 0 spiro atoms. The zero-order valence-corrected chi connectivity index (χ0v) is 13.6. The van der Waals surface area contributed by atoms with Crippen LogP contribution in [0.1, 0.15) is 32.1 Å². The first-order valence-electron chi connectivity index (χ1n) is 7.83. The second-order valence-electron chi connectivity index (χ2n) is 5.90. The zero-order valence-electron chi connectivity index (χ0n) is 12.8. The molecule has 6 nitrogen and oxygen atoms in total. The summed E-state index contributed by atoms with van der Waals surface area (Å²) in [5.41, 5.74) is 0.737. The molecular weight excluding hydrogens is 314 g/mol. The fraction of sp³-hybridized carbons (Fsp3) is 0.500. The van der Waals surface area contributed by atoms with E-state index in [1.54, 1.807) is 29.2 Å². The molecule has 1 saturated heterocycles. The van der Waals surface area contributed by atoms with Crippen molar-refractivity contribution in [3.63, 3.8) is 0 Å². The van der Waals surface area contributed by atoms with E-state index in [1.807, 2.05) is 6.07 Å². The van der Waals surface area contributed by atoms with E-state index in [1.165, 1.54) is 4.31 Å². The third-order valence-corrected chi connectivity index (χ3v) is 6.19. The summed E-state index contributed by atoms with van der Waals surface area (Å²) in [5.74, 6) is 0.0780. The lowest BCUT2D eigenvalue weighted by atomic mass is 10.3. The minimum atomic E-state index is -3.59. The highest BCUT2D eigenvalue weighted by atomic mass is 32.2. The molecule has 3 rings (SSSR count). The molecule has 1 aromatic carbocycles. The number of amides is 1. The van der Waals surface area contributed by atoms with E-state index in [9.17, 15) is 13.2 Å². The van der Waals surface area contributed by atoms with Crippen LogP contribution in [0.3, 0.4) is 0 Å². The Morgan fingerprint density at radius 3 is 2.48 bits per heavy atom. The van der Waals surface area contributed by atoms with Crippen LogP contribution in [0.2, 0.25) is 0 Å².